The first kappa shape index (κ1) is 37.4. The molecule has 5 heteroatoms. The van der Waals surface area contributed by atoms with Crippen molar-refractivity contribution in [2.45, 2.75) is 24.9 Å². The molecule has 1 aliphatic heterocycles. The summed E-state index contributed by atoms with van der Waals surface area (Å²) < 4.78 is 18.6. The molecule has 0 fully saturated rings. The standard InChI is InChI=1S/C57H44N2O3/c1-56(2)49-35-40(36-19-21-39(22-20-36)55-58-52(37-13-7-5-8-14-37)53(59-55)38-15-9-6-10-16-38)23-32-47(49)50-45-17-11-12-18-46(45)54-48(51(50)56)33-34-57(62-54,41-24-28-43(60-3)29-25-41)42-26-30-44(61-4)31-27-42/h5-35H,1-4H3,(H,58,59). The number of rotatable bonds is 8. The molecule has 0 unspecified atom stereocenters. The Bertz CT molecular complexity index is 3060. The van der Waals surface area contributed by atoms with Crippen molar-refractivity contribution in [3.05, 3.63) is 210 Å². The summed E-state index contributed by atoms with van der Waals surface area (Å²) in [4.78, 5) is 8.82. The Morgan fingerprint density at radius 3 is 1.74 bits per heavy atom. The number of H-pyrrole nitrogens is 1. The summed E-state index contributed by atoms with van der Waals surface area (Å²) in [5.41, 5.74) is 14.5. The molecule has 2 heterocycles. The van der Waals surface area contributed by atoms with E-state index < -0.39 is 5.60 Å². The van der Waals surface area contributed by atoms with E-state index in [1.165, 1.54) is 33.2 Å². The van der Waals surface area contributed by atoms with Crippen LogP contribution in [0.25, 0.3) is 73.0 Å². The molecule has 300 valence electrons. The molecule has 8 aromatic carbocycles. The predicted octanol–water partition coefficient (Wildman–Crippen LogP) is 13.9. The van der Waals surface area contributed by atoms with Gasteiger partial charge in [0, 0.05) is 44.2 Å². The lowest BCUT2D eigenvalue weighted by molar-refractivity contribution is 0.163. The number of methoxy groups -OCH3 is 2. The van der Waals surface area contributed by atoms with E-state index in [2.05, 4.69) is 171 Å². The van der Waals surface area contributed by atoms with Gasteiger partial charge < -0.3 is 19.2 Å². The van der Waals surface area contributed by atoms with Crippen LogP contribution in [0.2, 0.25) is 0 Å². The third-order valence-electron chi connectivity index (χ3n) is 12.9. The van der Waals surface area contributed by atoms with Crippen molar-refractivity contribution in [3.63, 3.8) is 0 Å². The van der Waals surface area contributed by atoms with E-state index in [-0.39, 0.29) is 5.41 Å². The molecule has 9 aromatic rings. The number of imidazole rings is 1. The van der Waals surface area contributed by atoms with E-state index >= 15 is 0 Å². The van der Waals surface area contributed by atoms with E-state index in [4.69, 9.17) is 19.2 Å². The number of nitrogens with zero attached hydrogens (tertiary/aromatic N) is 1. The third-order valence-corrected chi connectivity index (χ3v) is 12.9. The number of hydrogen-bond acceptors (Lipinski definition) is 4. The molecule has 0 atom stereocenters. The average molecular weight is 805 g/mol. The van der Waals surface area contributed by atoms with Gasteiger partial charge in [0.2, 0.25) is 0 Å². The van der Waals surface area contributed by atoms with Crippen LogP contribution in [0.5, 0.6) is 17.2 Å². The fourth-order valence-corrected chi connectivity index (χ4v) is 9.72. The monoisotopic (exact) mass is 804 g/mol. The highest BCUT2D eigenvalue weighted by Gasteiger charge is 2.44. The number of aromatic nitrogens is 2. The molecule has 11 rings (SSSR count). The van der Waals surface area contributed by atoms with Crippen molar-refractivity contribution < 1.29 is 14.2 Å². The van der Waals surface area contributed by atoms with Crippen molar-refractivity contribution in [1.82, 2.24) is 9.97 Å². The van der Waals surface area contributed by atoms with Crippen LogP contribution in [-0.4, -0.2) is 24.2 Å². The van der Waals surface area contributed by atoms with Gasteiger partial charge in [0.1, 0.15) is 23.1 Å². The summed E-state index contributed by atoms with van der Waals surface area (Å²) >= 11 is 0. The summed E-state index contributed by atoms with van der Waals surface area (Å²) in [5, 5.41) is 2.27. The zero-order valence-electron chi connectivity index (χ0n) is 35.1. The van der Waals surface area contributed by atoms with Gasteiger partial charge in [-0.25, -0.2) is 4.98 Å². The summed E-state index contributed by atoms with van der Waals surface area (Å²) in [6.07, 6.45) is 4.53. The highest BCUT2D eigenvalue weighted by Crippen LogP contribution is 2.58. The van der Waals surface area contributed by atoms with E-state index in [9.17, 15) is 0 Å². The van der Waals surface area contributed by atoms with Crippen LogP contribution in [0.4, 0.5) is 0 Å². The van der Waals surface area contributed by atoms with Crippen molar-refractivity contribution >= 4 is 16.8 Å². The highest BCUT2D eigenvalue weighted by atomic mass is 16.5. The number of aromatic amines is 1. The molecule has 62 heavy (non-hydrogen) atoms. The molecular weight excluding hydrogens is 761 g/mol. The molecule has 0 amide bonds. The largest absolute Gasteiger partial charge is 0.497 e. The minimum Gasteiger partial charge on any atom is -0.497 e. The van der Waals surface area contributed by atoms with Crippen LogP contribution < -0.4 is 14.2 Å². The molecule has 2 aliphatic rings. The fourth-order valence-electron chi connectivity index (χ4n) is 9.72. The topological polar surface area (TPSA) is 56.4 Å². The molecular formula is C57H44N2O3. The highest BCUT2D eigenvalue weighted by molar-refractivity contribution is 6.08. The third kappa shape index (κ3) is 5.88. The van der Waals surface area contributed by atoms with Gasteiger partial charge >= 0.3 is 0 Å². The maximum absolute atomic E-state index is 7.49. The van der Waals surface area contributed by atoms with E-state index in [0.29, 0.717) is 0 Å². The predicted molar refractivity (Wildman–Crippen MR) is 252 cm³/mol. The Hall–Kier alpha value is -7.63. The van der Waals surface area contributed by atoms with Gasteiger partial charge in [-0.05, 0) is 75.2 Å². The summed E-state index contributed by atoms with van der Waals surface area (Å²) in [6, 6.07) is 61.7. The van der Waals surface area contributed by atoms with Gasteiger partial charge in [0.05, 0.1) is 25.6 Å². The number of benzene rings is 8. The number of hydrogen-bond donors (Lipinski definition) is 1. The maximum atomic E-state index is 7.49. The molecule has 0 spiro atoms. The summed E-state index contributed by atoms with van der Waals surface area (Å²) in [5.74, 6) is 3.32. The molecule has 0 saturated heterocycles. The Morgan fingerprint density at radius 1 is 0.548 bits per heavy atom. The van der Waals surface area contributed by atoms with E-state index in [1.54, 1.807) is 14.2 Å². The lowest BCUT2D eigenvalue weighted by Gasteiger charge is -2.38. The first-order valence-electron chi connectivity index (χ1n) is 21.1. The molecule has 1 aromatic heterocycles. The fraction of sp³-hybridized carbons (Fsp3) is 0.105. The van der Waals surface area contributed by atoms with Crippen molar-refractivity contribution in [1.29, 1.82) is 0 Å². The number of nitrogens with one attached hydrogen (secondary N) is 1. The Morgan fingerprint density at radius 2 is 1.11 bits per heavy atom. The molecule has 0 radical (unpaired) electrons. The van der Waals surface area contributed by atoms with Crippen LogP contribution in [-0.2, 0) is 11.0 Å². The zero-order valence-corrected chi connectivity index (χ0v) is 35.1. The molecule has 1 aliphatic carbocycles. The molecule has 0 saturated carbocycles. The van der Waals surface area contributed by atoms with Crippen molar-refractivity contribution in [3.8, 4) is 73.4 Å². The van der Waals surface area contributed by atoms with Gasteiger partial charge in [-0.3, -0.25) is 0 Å². The van der Waals surface area contributed by atoms with Crippen LogP contribution in [0.3, 0.4) is 0 Å². The van der Waals surface area contributed by atoms with Crippen LogP contribution in [0, 0.1) is 0 Å². The first-order valence-corrected chi connectivity index (χ1v) is 21.1. The Labute approximate surface area is 362 Å². The minimum absolute atomic E-state index is 0.321. The van der Waals surface area contributed by atoms with Crippen molar-refractivity contribution in [2.24, 2.45) is 0 Å². The van der Waals surface area contributed by atoms with Gasteiger partial charge in [-0.1, -0.05) is 166 Å². The Kier molecular flexibility index (Phi) is 8.76. The lowest BCUT2D eigenvalue weighted by Crippen LogP contribution is -2.35. The SMILES string of the molecule is COc1ccc(C2(c3ccc(OC)cc3)C=Cc3c4c(c5ccccc5c3O2)-c2ccc(-c3ccc(-c5nc(-c6ccccc6)c(-c6ccccc6)[nH]5)cc3)cc2C4(C)C)cc1. The number of fused-ring (bicyclic) bond motifs is 8. The molecule has 0 bridgehead atoms. The Balaban J connectivity index is 0.993. The van der Waals surface area contributed by atoms with Gasteiger partial charge in [0.15, 0.2) is 5.60 Å². The van der Waals surface area contributed by atoms with Gasteiger partial charge in [0.25, 0.3) is 0 Å². The van der Waals surface area contributed by atoms with Crippen molar-refractivity contribution in [2.75, 3.05) is 14.2 Å². The second kappa shape index (κ2) is 14.5. The minimum atomic E-state index is -0.890. The zero-order chi connectivity index (χ0) is 42.0. The summed E-state index contributed by atoms with van der Waals surface area (Å²) in [7, 11) is 3.38. The second-order valence-electron chi connectivity index (χ2n) is 16.7. The van der Waals surface area contributed by atoms with Gasteiger partial charge in [-0.15, -0.1) is 0 Å². The average Bonchev–Trinajstić information content (AvgIpc) is 3.89. The number of ether oxygens (including phenoxy) is 3. The van der Waals surface area contributed by atoms with Crippen LogP contribution in [0.15, 0.2) is 182 Å². The van der Waals surface area contributed by atoms with E-state index in [0.717, 1.165) is 78.8 Å². The smallest absolute Gasteiger partial charge is 0.178 e. The maximum Gasteiger partial charge on any atom is 0.178 e. The van der Waals surface area contributed by atoms with E-state index in [1.807, 2.05) is 36.4 Å². The molecule has 5 nitrogen and oxygen atoms in total. The van der Waals surface area contributed by atoms with Crippen LogP contribution >= 0.6 is 0 Å². The van der Waals surface area contributed by atoms with Crippen LogP contribution in [0.1, 0.15) is 41.7 Å². The second-order valence-corrected chi connectivity index (χ2v) is 16.7. The molecule has 1 N–H and O–H groups in total. The van der Waals surface area contributed by atoms with Gasteiger partial charge in [-0.2, -0.15) is 0 Å². The quantitative estimate of drug-likeness (QED) is 0.166. The lowest BCUT2D eigenvalue weighted by atomic mass is 9.76. The normalized spacial score (nSPS) is 14.1. The first-order chi connectivity index (χ1) is 30.4. The summed E-state index contributed by atoms with van der Waals surface area (Å²) in [6.45, 7) is 4.71.